The van der Waals surface area contributed by atoms with E-state index in [9.17, 15) is 9.59 Å². The fraction of sp³-hybridized carbons (Fsp3) is 0.318. The monoisotopic (exact) mass is 438 g/mol. The maximum atomic E-state index is 12.2. The number of thiazole rings is 1. The molecule has 3 heterocycles. The highest BCUT2D eigenvalue weighted by atomic mass is 32.1. The Balaban J connectivity index is 1.16. The van der Waals surface area contributed by atoms with E-state index in [1.807, 2.05) is 41.3 Å². The van der Waals surface area contributed by atoms with Gasteiger partial charge in [0.05, 0.1) is 10.2 Å². The van der Waals surface area contributed by atoms with E-state index in [1.54, 1.807) is 0 Å². The molecule has 2 aliphatic heterocycles. The maximum absolute atomic E-state index is 12.2. The van der Waals surface area contributed by atoms with E-state index in [0.717, 1.165) is 35.5 Å². The van der Waals surface area contributed by atoms with Crippen molar-refractivity contribution in [2.45, 2.75) is 25.0 Å². The van der Waals surface area contributed by atoms with Crippen LogP contribution in [-0.2, 0) is 11.3 Å². The molecule has 1 aromatic heterocycles. The molecule has 0 radical (unpaired) electrons. The Morgan fingerprint density at radius 2 is 1.94 bits per heavy atom. The van der Waals surface area contributed by atoms with Crippen LogP contribution in [0, 0.1) is 0 Å². The summed E-state index contributed by atoms with van der Waals surface area (Å²) in [4.78, 5) is 31.5. The number of ether oxygens (including phenoxy) is 1. The number of hydrogen-bond acceptors (Lipinski definition) is 6. The summed E-state index contributed by atoms with van der Waals surface area (Å²) < 4.78 is 7.02. The number of para-hydroxylation sites is 1. The number of likely N-dealkylation sites (tertiary alicyclic amines) is 2. The molecule has 2 amide bonds. The molecule has 8 nitrogen and oxygen atoms in total. The normalized spacial score (nSPS) is 20.3. The second-order valence-electron chi connectivity index (χ2n) is 7.87. The minimum atomic E-state index is -1.17. The first-order valence-corrected chi connectivity index (χ1v) is 11.0. The Morgan fingerprint density at radius 1 is 1.13 bits per heavy atom. The number of fused-ring (bicyclic) bond motifs is 3. The second kappa shape index (κ2) is 8.16. The fourth-order valence-electron chi connectivity index (χ4n) is 4.39. The van der Waals surface area contributed by atoms with Gasteiger partial charge in [-0.05, 0) is 36.2 Å². The number of piperazine rings is 1. The molecule has 2 bridgehead atoms. The average molecular weight is 439 g/mol. The van der Waals surface area contributed by atoms with E-state index in [2.05, 4.69) is 27.3 Å². The highest BCUT2D eigenvalue weighted by molar-refractivity contribution is 7.20. The summed E-state index contributed by atoms with van der Waals surface area (Å²) in [6.45, 7) is 2.13. The van der Waals surface area contributed by atoms with Crippen molar-refractivity contribution in [3.05, 3.63) is 54.1 Å². The Kier molecular flexibility index (Phi) is 5.21. The van der Waals surface area contributed by atoms with Gasteiger partial charge < -0.3 is 20.1 Å². The number of aromatic nitrogens is 1. The van der Waals surface area contributed by atoms with Crippen LogP contribution in [0.1, 0.15) is 12.0 Å². The van der Waals surface area contributed by atoms with E-state index in [4.69, 9.17) is 9.84 Å². The molecule has 2 aromatic carbocycles. The summed E-state index contributed by atoms with van der Waals surface area (Å²) in [5, 5.41) is 11.5. The second-order valence-corrected chi connectivity index (χ2v) is 8.86. The van der Waals surface area contributed by atoms with Gasteiger partial charge in [0.1, 0.15) is 12.3 Å². The Hall–Kier alpha value is -3.17. The highest BCUT2D eigenvalue weighted by Gasteiger charge is 2.44. The van der Waals surface area contributed by atoms with Crippen LogP contribution in [0.3, 0.4) is 0 Å². The van der Waals surface area contributed by atoms with Crippen LogP contribution < -0.4 is 10.1 Å². The topological polar surface area (TPSA) is 95.0 Å². The first-order chi connectivity index (χ1) is 15.0. The van der Waals surface area contributed by atoms with E-state index in [-0.39, 0.29) is 18.5 Å². The molecule has 2 N–H and O–H groups in total. The molecule has 3 aromatic rings. The molecule has 160 valence electrons. The predicted molar refractivity (Wildman–Crippen MR) is 116 cm³/mol. The number of amides is 2. The lowest BCUT2D eigenvalue weighted by Crippen LogP contribution is -2.50. The van der Waals surface area contributed by atoms with Crippen LogP contribution in [0.5, 0.6) is 10.9 Å². The molecule has 0 aliphatic carbocycles. The van der Waals surface area contributed by atoms with Gasteiger partial charge in [-0.2, -0.15) is 0 Å². The highest BCUT2D eigenvalue weighted by Crippen LogP contribution is 2.33. The molecule has 5 rings (SSSR count). The van der Waals surface area contributed by atoms with Crippen molar-refractivity contribution in [3.8, 4) is 10.9 Å². The van der Waals surface area contributed by atoms with Crippen LogP contribution in [0.25, 0.3) is 10.2 Å². The average Bonchev–Trinajstić information content (AvgIpc) is 3.46. The minimum Gasteiger partial charge on any atom is -0.465 e. The molecule has 0 spiro atoms. The van der Waals surface area contributed by atoms with Gasteiger partial charge in [-0.3, -0.25) is 9.69 Å². The molecule has 2 saturated heterocycles. The Morgan fingerprint density at radius 3 is 2.65 bits per heavy atom. The van der Waals surface area contributed by atoms with Crippen molar-refractivity contribution in [3.63, 3.8) is 0 Å². The van der Waals surface area contributed by atoms with Crippen LogP contribution in [0.2, 0.25) is 0 Å². The number of carboxylic acid groups (broad SMARTS) is 1. The van der Waals surface area contributed by atoms with Crippen molar-refractivity contribution < 1.29 is 19.4 Å². The number of benzene rings is 2. The number of nitrogens with one attached hydrogen (secondary N) is 1. The number of rotatable bonds is 6. The third-order valence-corrected chi connectivity index (χ3v) is 6.77. The number of hydrogen-bond donors (Lipinski definition) is 2. The van der Waals surface area contributed by atoms with E-state index in [0.29, 0.717) is 17.8 Å². The van der Waals surface area contributed by atoms with Crippen LogP contribution >= 0.6 is 11.3 Å². The summed E-state index contributed by atoms with van der Waals surface area (Å²) in [6, 6.07) is 16.5. The summed E-state index contributed by atoms with van der Waals surface area (Å²) in [7, 11) is 0. The smallest absolute Gasteiger partial charge is 0.405 e. The molecule has 2 fully saturated rings. The molecule has 0 saturated carbocycles. The zero-order valence-electron chi connectivity index (χ0n) is 16.7. The molecular formula is C22H22N4O4S. The first-order valence-electron chi connectivity index (χ1n) is 10.2. The van der Waals surface area contributed by atoms with Gasteiger partial charge in [-0.25, -0.2) is 9.78 Å². The van der Waals surface area contributed by atoms with Gasteiger partial charge in [-0.15, -0.1) is 0 Å². The van der Waals surface area contributed by atoms with Gasteiger partial charge in [0.2, 0.25) is 5.91 Å². The van der Waals surface area contributed by atoms with Gasteiger partial charge >= 0.3 is 6.09 Å². The maximum Gasteiger partial charge on any atom is 0.405 e. The van der Waals surface area contributed by atoms with E-state index >= 15 is 0 Å². The standard InChI is InChI=1S/C22H22N4O4S/c27-20(10-23-21(28)29)26-13-15-9-16(26)12-25(15)11-14-5-7-17(8-6-14)30-22-24-18-3-1-2-4-19(18)31-22/h1-8,15-16,23H,9-13H2,(H,28,29). The van der Waals surface area contributed by atoms with Gasteiger partial charge in [0, 0.05) is 31.7 Å². The SMILES string of the molecule is O=C(O)NCC(=O)N1CC2CC1CN2Cc1ccc(Oc2nc3ccccc3s2)cc1. The molecule has 2 unspecified atom stereocenters. The lowest BCUT2D eigenvalue weighted by molar-refractivity contribution is -0.132. The molecular weight excluding hydrogens is 416 g/mol. The van der Waals surface area contributed by atoms with Crippen molar-refractivity contribution in [2.75, 3.05) is 19.6 Å². The van der Waals surface area contributed by atoms with Crippen LogP contribution in [0.4, 0.5) is 4.79 Å². The first kappa shape index (κ1) is 19.8. The fourth-order valence-corrected chi connectivity index (χ4v) is 5.23. The summed E-state index contributed by atoms with van der Waals surface area (Å²) in [5.41, 5.74) is 2.13. The Bertz CT molecular complexity index is 1080. The van der Waals surface area contributed by atoms with Crippen molar-refractivity contribution in [1.82, 2.24) is 20.1 Å². The van der Waals surface area contributed by atoms with E-state index < -0.39 is 6.09 Å². The third kappa shape index (κ3) is 4.19. The predicted octanol–water partition coefficient (Wildman–Crippen LogP) is 3.14. The summed E-state index contributed by atoms with van der Waals surface area (Å²) in [6.07, 6.45) is -0.229. The molecule has 2 atom stereocenters. The zero-order chi connectivity index (χ0) is 21.4. The summed E-state index contributed by atoms with van der Waals surface area (Å²) in [5.74, 6) is 0.611. The minimum absolute atomic E-state index is 0.147. The van der Waals surface area contributed by atoms with Gasteiger partial charge in [0.15, 0.2) is 0 Å². The lowest BCUT2D eigenvalue weighted by atomic mass is 10.2. The van der Waals surface area contributed by atoms with Crippen LogP contribution in [-0.4, -0.2) is 63.6 Å². The zero-order valence-corrected chi connectivity index (χ0v) is 17.5. The third-order valence-electron chi connectivity index (χ3n) is 5.85. The largest absolute Gasteiger partial charge is 0.465 e. The number of nitrogens with zero attached hydrogens (tertiary/aromatic N) is 3. The molecule has 9 heteroatoms. The van der Waals surface area contributed by atoms with Crippen LogP contribution in [0.15, 0.2) is 48.5 Å². The number of carbonyl (C=O) groups is 2. The van der Waals surface area contributed by atoms with Gasteiger partial charge in [-0.1, -0.05) is 35.6 Å². The van der Waals surface area contributed by atoms with Crippen molar-refractivity contribution in [2.24, 2.45) is 0 Å². The Labute approximate surface area is 183 Å². The van der Waals surface area contributed by atoms with Crippen molar-refractivity contribution >= 4 is 33.6 Å². The lowest BCUT2D eigenvalue weighted by Gasteiger charge is -2.34. The molecule has 31 heavy (non-hydrogen) atoms. The van der Waals surface area contributed by atoms with E-state index in [1.165, 1.54) is 16.9 Å². The number of carbonyl (C=O) groups excluding carboxylic acids is 1. The summed E-state index contributed by atoms with van der Waals surface area (Å²) >= 11 is 1.53. The van der Waals surface area contributed by atoms with Crippen molar-refractivity contribution in [1.29, 1.82) is 0 Å². The van der Waals surface area contributed by atoms with Gasteiger partial charge in [0.25, 0.3) is 5.19 Å². The quantitative estimate of drug-likeness (QED) is 0.614. The molecule has 2 aliphatic rings.